The first-order valence-electron chi connectivity index (χ1n) is 9.16. The number of para-hydroxylation sites is 2. The zero-order chi connectivity index (χ0) is 20.1. The van der Waals surface area contributed by atoms with E-state index in [-0.39, 0.29) is 11.2 Å². The predicted molar refractivity (Wildman–Crippen MR) is 119 cm³/mol. The second-order valence-corrected chi connectivity index (χ2v) is 9.37. The van der Waals surface area contributed by atoms with Crippen molar-refractivity contribution >= 4 is 45.5 Å². The van der Waals surface area contributed by atoms with E-state index in [9.17, 15) is 4.79 Å². The van der Waals surface area contributed by atoms with Crippen LogP contribution in [0.1, 0.15) is 37.8 Å². The van der Waals surface area contributed by atoms with Crippen molar-refractivity contribution in [3.05, 3.63) is 59.7 Å². The number of aromatic nitrogens is 2. The summed E-state index contributed by atoms with van der Waals surface area (Å²) in [7, 11) is 0. The highest BCUT2D eigenvalue weighted by atomic mass is 32.2. The normalized spacial score (nSPS) is 12.0. The molecule has 5 nitrogen and oxygen atoms in total. The van der Waals surface area contributed by atoms with Gasteiger partial charge in [0.25, 0.3) is 0 Å². The first-order valence-corrected chi connectivity index (χ1v) is 10.9. The van der Waals surface area contributed by atoms with Gasteiger partial charge in [-0.3, -0.25) is 4.79 Å². The van der Waals surface area contributed by atoms with Crippen LogP contribution in [0, 0.1) is 6.92 Å². The standard InChI is InChI=1S/C21H24N4OS2/c1-13(2)17-12-8-9-14(3)18(17)23-19(26)15(4)27-21-25-24-20(28-21)22-16-10-6-5-7-11-16/h5-13,15H,1-4H3,(H,22,24)(H,23,26)/t15-/m1/s1. The topological polar surface area (TPSA) is 66.9 Å². The van der Waals surface area contributed by atoms with Crippen LogP contribution >= 0.6 is 23.1 Å². The number of hydrogen-bond acceptors (Lipinski definition) is 6. The highest BCUT2D eigenvalue weighted by molar-refractivity contribution is 8.02. The number of carbonyl (C=O) groups excluding carboxylic acids is 1. The average molecular weight is 413 g/mol. The number of hydrogen-bond donors (Lipinski definition) is 2. The summed E-state index contributed by atoms with van der Waals surface area (Å²) in [4.78, 5) is 12.8. The number of rotatable bonds is 7. The van der Waals surface area contributed by atoms with Gasteiger partial charge in [-0.15, -0.1) is 10.2 Å². The van der Waals surface area contributed by atoms with Gasteiger partial charge in [0.15, 0.2) is 4.34 Å². The molecule has 146 valence electrons. The molecule has 1 amide bonds. The second kappa shape index (κ2) is 9.21. The highest BCUT2D eigenvalue weighted by Crippen LogP contribution is 2.32. The van der Waals surface area contributed by atoms with Crippen LogP contribution in [0.15, 0.2) is 52.9 Å². The Morgan fingerprint density at radius 1 is 1.04 bits per heavy atom. The molecule has 0 aliphatic carbocycles. The number of nitrogens with zero attached hydrogens (tertiary/aromatic N) is 2. The summed E-state index contributed by atoms with van der Waals surface area (Å²) < 4.78 is 0.759. The molecule has 1 atom stereocenters. The molecular formula is C21H24N4OS2. The van der Waals surface area contributed by atoms with Crippen molar-refractivity contribution < 1.29 is 4.79 Å². The molecule has 0 saturated carbocycles. The predicted octanol–water partition coefficient (Wildman–Crippen LogP) is 5.83. The van der Waals surface area contributed by atoms with Crippen LogP contribution < -0.4 is 10.6 Å². The van der Waals surface area contributed by atoms with Gasteiger partial charge >= 0.3 is 0 Å². The fourth-order valence-electron chi connectivity index (χ4n) is 2.72. The van der Waals surface area contributed by atoms with E-state index in [1.54, 1.807) is 0 Å². The summed E-state index contributed by atoms with van der Waals surface area (Å²) >= 11 is 2.86. The van der Waals surface area contributed by atoms with Crippen molar-refractivity contribution in [3.8, 4) is 0 Å². The molecule has 0 bridgehead atoms. The fraction of sp³-hybridized carbons (Fsp3) is 0.286. The number of nitrogens with one attached hydrogen (secondary N) is 2. The summed E-state index contributed by atoms with van der Waals surface area (Å²) in [5, 5.41) is 15.1. The lowest BCUT2D eigenvalue weighted by Crippen LogP contribution is -2.23. The van der Waals surface area contributed by atoms with Gasteiger partial charge in [-0.2, -0.15) is 0 Å². The Labute approximate surface area is 174 Å². The van der Waals surface area contributed by atoms with Crippen LogP contribution in [0.4, 0.5) is 16.5 Å². The summed E-state index contributed by atoms with van der Waals surface area (Å²) in [5.74, 6) is 0.307. The third-order valence-electron chi connectivity index (χ3n) is 4.25. The van der Waals surface area contributed by atoms with E-state index in [0.29, 0.717) is 11.0 Å². The Morgan fingerprint density at radius 3 is 2.50 bits per heavy atom. The molecule has 2 N–H and O–H groups in total. The SMILES string of the molecule is Cc1cccc(C(C)C)c1NC(=O)[C@@H](C)Sc1nnc(Nc2ccccc2)s1. The van der Waals surface area contributed by atoms with E-state index < -0.39 is 0 Å². The first kappa shape index (κ1) is 20.4. The van der Waals surface area contributed by atoms with Gasteiger partial charge in [-0.25, -0.2) is 0 Å². The van der Waals surface area contributed by atoms with Crippen molar-refractivity contribution in [2.24, 2.45) is 0 Å². The summed E-state index contributed by atoms with van der Waals surface area (Å²) in [6, 6.07) is 15.9. The second-order valence-electron chi connectivity index (χ2n) is 6.81. The van der Waals surface area contributed by atoms with E-state index >= 15 is 0 Å². The molecule has 0 unspecified atom stereocenters. The van der Waals surface area contributed by atoms with E-state index in [2.05, 4.69) is 40.7 Å². The number of carbonyl (C=O) groups is 1. The Morgan fingerprint density at radius 2 is 1.79 bits per heavy atom. The maximum absolute atomic E-state index is 12.8. The molecule has 0 fully saturated rings. The quantitative estimate of drug-likeness (QED) is 0.478. The lowest BCUT2D eigenvalue weighted by molar-refractivity contribution is -0.115. The van der Waals surface area contributed by atoms with Gasteiger partial charge in [0, 0.05) is 11.4 Å². The van der Waals surface area contributed by atoms with E-state index in [4.69, 9.17) is 0 Å². The maximum atomic E-state index is 12.8. The smallest absolute Gasteiger partial charge is 0.237 e. The van der Waals surface area contributed by atoms with Gasteiger partial charge in [-0.05, 0) is 43.0 Å². The molecule has 7 heteroatoms. The van der Waals surface area contributed by atoms with Gasteiger partial charge in [0.1, 0.15) is 0 Å². The molecule has 0 radical (unpaired) electrons. The van der Waals surface area contributed by atoms with Crippen LogP contribution in [0.2, 0.25) is 0 Å². The van der Waals surface area contributed by atoms with Crippen molar-refractivity contribution in [2.45, 2.75) is 43.2 Å². The van der Waals surface area contributed by atoms with Crippen molar-refractivity contribution in [1.82, 2.24) is 10.2 Å². The molecule has 0 aliphatic rings. The minimum atomic E-state index is -0.280. The average Bonchev–Trinajstić information content (AvgIpc) is 3.10. The van der Waals surface area contributed by atoms with Crippen LogP contribution in [0.25, 0.3) is 0 Å². The maximum Gasteiger partial charge on any atom is 0.237 e. The number of anilines is 3. The van der Waals surface area contributed by atoms with Crippen LogP contribution in [-0.4, -0.2) is 21.4 Å². The first-order chi connectivity index (χ1) is 13.4. The lowest BCUT2D eigenvalue weighted by Gasteiger charge is -2.18. The largest absolute Gasteiger partial charge is 0.330 e. The third-order valence-corrected chi connectivity index (χ3v) is 6.28. The molecule has 28 heavy (non-hydrogen) atoms. The van der Waals surface area contributed by atoms with Gasteiger partial charge < -0.3 is 10.6 Å². The van der Waals surface area contributed by atoms with Crippen molar-refractivity contribution in [1.29, 1.82) is 0 Å². The molecule has 1 aromatic heterocycles. The minimum absolute atomic E-state index is 0.0334. The number of aryl methyl sites for hydroxylation is 1. The molecule has 0 saturated heterocycles. The Hall–Kier alpha value is -2.38. The van der Waals surface area contributed by atoms with E-state index in [0.717, 1.165) is 26.8 Å². The lowest BCUT2D eigenvalue weighted by atomic mass is 9.98. The summed E-state index contributed by atoms with van der Waals surface area (Å²) in [5.41, 5.74) is 4.10. The van der Waals surface area contributed by atoms with Gasteiger partial charge in [0.05, 0.1) is 5.25 Å². The zero-order valence-electron chi connectivity index (χ0n) is 16.4. The van der Waals surface area contributed by atoms with Crippen molar-refractivity contribution in [3.63, 3.8) is 0 Å². The molecule has 0 spiro atoms. The van der Waals surface area contributed by atoms with Crippen LogP contribution in [0.5, 0.6) is 0 Å². The van der Waals surface area contributed by atoms with Crippen LogP contribution in [-0.2, 0) is 4.79 Å². The van der Waals surface area contributed by atoms with Crippen LogP contribution in [0.3, 0.4) is 0 Å². The number of thioether (sulfide) groups is 1. The fourth-order valence-corrected chi connectivity index (χ4v) is 4.64. The number of benzene rings is 2. The van der Waals surface area contributed by atoms with E-state index in [1.807, 2.05) is 56.3 Å². The van der Waals surface area contributed by atoms with E-state index in [1.165, 1.54) is 23.1 Å². The summed E-state index contributed by atoms with van der Waals surface area (Å²) in [6.07, 6.45) is 0. The minimum Gasteiger partial charge on any atom is -0.330 e. The van der Waals surface area contributed by atoms with Gasteiger partial charge in [-0.1, -0.05) is 73.3 Å². The molecular weight excluding hydrogens is 388 g/mol. The third kappa shape index (κ3) is 5.11. The monoisotopic (exact) mass is 412 g/mol. The Kier molecular flexibility index (Phi) is 6.70. The molecule has 1 heterocycles. The molecule has 3 rings (SSSR count). The highest BCUT2D eigenvalue weighted by Gasteiger charge is 2.20. The summed E-state index contributed by atoms with van der Waals surface area (Å²) in [6.45, 7) is 8.17. The molecule has 3 aromatic rings. The molecule has 0 aliphatic heterocycles. The van der Waals surface area contributed by atoms with Crippen molar-refractivity contribution in [2.75, 3.05) is 10.6 Å². The number of amides is 1. The Bertz CT molecular complexity index is 941. The van der Waals surface area contributed by atoms with Gasteiger partial charge in [0.2, 0.25) is 11.0 Å². The molecule has 2 aromatic carbocycles. The zero-order valence-corrected chi connectivity index (χ0v) is 18.0. The Balaban J connectivity index is 1.64.